The summed E-state index contributed by atoms with van der Waals surface area (Å²) in [6.45, 7) is 2.68. The number of carbonyl (C=O) groups is 2. The Bertz CT molecular complexity index is 1290. The van der Waals surface area contributed by atoms with Crippen LogP contribution in [0.15, 0.2) is 36.7 Å². The Morgan fingerprint density at radius 2 is 2.21 bits per heavy atom. The molecule has 2 amide bonds. The molecule has 1 aliphatic rings. The third-order valence-corrected chi connectivity index (χ3v) is 5.59. The molecule has 4 N–H and O–H groups in total. The molecule has 2 atom stereocenters. The number of rotatable bonds is 7. The Morgan fingerprint density at radius 1 is 1.41 bits per heavy atom. The van der Waals surface area contributed by atoms with Gasteiger partial charge in [-0.2, -0.15) is 10.4 Å². The average Bonchev–Trinajstić information content (AvgIpc) is 3.41. The lowest BCUT2D eigenvalue weighted by Crippen LogP contribution is -2.42. The molecule has 0 saturated carbocycles. The van der Waals surface area contributed by atoms with Gasteiger partial charge in [-0.15, -0.1) is 0 Å². The molecule has 10 nitrogen and oxygen atoms in total. The molecule has 4 rings (SSSR count). The number of nitrogens with zero attached hydrogens (tertiary/aromatic N) is 4. The number of aliphatic hydroxyl groups is 1. The fraction of sp³-hybridized carbons (Fsp3) is 0.348. The van der Waals surface area contributed by atoms with Gasteiger partial charge in [0.05, 0.1) is 58.1 Å². The number of halogens is 1. The maximum atomic E-state index is 14.1. The number of nitrogens with one attached hydrogen (secondary N) is 3. The van der Waals surface area contributed by atoms with Crippen LogP contribution in [0.5, 0.6) is 0 Å². The topological polar surface area (TPSA) is 144 Å². The molecular formula is C23H24FN7O3. The minimum Gasteiger partial charge on any atom is -0.387 e. The molecule has 0 spiro atoms. The van der Waals surface area contributed by atoms with E-state index in [1.54, 1.807) is 28.8 Å². The minimum absolute atomic E-state index is 0.0988. The predicted molar refractivity (Wildman–Crippen MR) is 122 cm³/mol. The molecule has 0 bridgehead atoms. The number of alkyl halides is 1. The Balaban J connectivity index is 1.66. The van der Waals surface area contributed by atoms with Crippen molar-refractivity contribution in [2.24, 2.45) is 0 Å². The van der Waals surface area contributed by atoms with E-state index in [2.05, 4.69) is 26.0 Å². The van der Waals surface area contributed by atoms with Crippen molar-refractivity contribution < 1.29 is 19.1 Å². The van der Waals surface area contributed by atoms with E-state index in [0.29, 0.717) is 34.7 Å². The maximum absolute atomic E-state index is 14.1. The van der Waals surface area contributed by atoms with Crippen molar-refractivity contribution in [2.45, 2.75) is 38.1 Å². The summed E-state index contributed by atoms with van der Waals surface area (Å²) in [5, 5.41) is 31.6. The molecule has 3 aromatic rings. The number of anilines is 1. The second-order valence-electron chi connectivity index (χ2n) is 8.71. The van der Waals surface area contributed by atoms with Crippen LogP contribution in [0.1, 0.15) is 36.2 Å². The second kappa shape index (κ2) is 9.07. The van der Waals surface area contributed by atoms with Crippen LogP contribution in [-0.2, 0) is 4.79 Å². The van der Waals surface area contributed by atoms with Gasteiger partial charge in [0.25, 0.3) is 5.91 Å². The quantitative estimate of drug-likeness (QED) is 0.413. The fourth-order valence-corrected chi connectivity index (χ4v) is 3.60. The largest absolute Gasteiger partial charge is 0.387 e. The van der Waals surface area contributed by atoms with E-state index in [9.17, 15) is 19.1 Å². The standard InChI is InChI=1S/C23H24FN7O3/c1-23(2,34)20(24)12-28-22(33)16-11-26-18(7-17(16)30-14-6-21(32)27-10-14)19-4-3-15-5-13(8-25)9-29-31(15)19/h3-5,7,9,11,14,20,34H,6,10,12H2,1-2H3,(H,26,30)(H,27,32)(H,28,33)/t14?,20-/m1/s1. The van der Waals surface area contributed by atoms with Crippen LogP contribution in [0.3, 0.4) is 0 Å². The van der Waals surface area contributed by atoms with E-state index >= 15 is 0 Å². The Labute approximate surface area is 194 Å². The summed E-state index contributed by atoms with van der Waals surface area (Å²) in [6, 6.07) is 8.78. The Morgan fingerprint density at radius 3 is 2.88 bits per heavy atom. The highest BCUT2D eigenvalue weighted by Gasteiger charge is 2.28. The van der Waals surface area contributed by atoms with Crippen LogP contribution >= 0.6 is 0 Å². The fourth-order valence-electron chi connectivity index (χ4n) is 3.60. The number of nitriles is 1. The number of aromatic nitrogens is 3. The van der Waals surface area contributed by atoms with Gasteiger partial charge >= 0.3 is 0 Å². The van der Waals surface area contributed by atoms with Crippen molar-refractivity contribution in [3.63, 3.8) is 0 Å². The number of pyridine rings is 1. The molecule has 0 aliphatic carbocycles. The van der Waals surface area contributed by atoms with Gasteiger partial charge in [-0.05, 0) is 38.1 Å². The first-order chi connectivity index (χ1) is 16.2. The van der Waals surface area contributed by atoms with Gasteiger partial charge in [0.15, 0.2) is 0 Å². The Hall–Kier alpha value is -4.04. The van der Waals surface area contributed by atoms with E-state index < -0.39 is 17.7 Å². The van der Waals surface area contributed by atoms with Gasteiger partial charge in [0.1, 0.15) is 12.2 Å². The van der Waals surface area contributed by atoms with Crippen LogP contribution in [0.4, 0.5) is 10.1 Å². The number of amides is 2. The van der Waals surface area contributed by atoms with E-state index in [-0.39, 0.29) is 30.5 Å². The number of hydrogen-bond acceptors (Lipinski definition) is 7. The molecule has 0 radical (unpaired) electrons. The molecule has 11 heteroatoms. The normalized spacial score (nSPS) is 16.7. The van der Waals surface area contributed by atoms with Crippen LogP contribution < -0.4 is 16.0 Å². The monoisotopic (exact) mass is 465 g/mol. The zero-order chi connectivity index (χ0) is 24.5. The minimum atomic E-state index is -1.66. The zero-order valence-electron chi connectivity index (χ0n) is 18.7. The van der Waals surface area contributed by atoms with Crippen molar-refractivity contribution in [1.82, 2.24) is 25.2 Å². The van der Waals surface area contributed by atoms with Gasteiger partial charge in [-0.3, -0.25) is 14.6 Å². The first-order valence-corrected chi connectivity index (χ1v) is 10.7. The summed E-state index contributed by atoms with van der Waals surface area (Å²) in [5.41, 5.74) is 1.28. The van der Waals surface area contributed by atoms with Gasteiger partial charge in [0.2, 0.25) is 5.91 Å². The SMILES string of the molecule is CC(C)(O)[C@H](F)CNC(=O)c1cnc(-c2ccc3cc(C#N)cnn23)cc1NC1CNC(=O)C1. The summed E-state index contributed by atoms with van der Waals surface area (Å²) in [4.78, 5) is 28.9. The van der Waals surface area contributed by atoms with Crippen LogP contribution in [-0.4, -0.2) is 62.4 Å². The first kappa shape index (κ1) is 23.1. The third-order valence-electron chi connectivity index (χ3n) is 5.59. The van der Waals surface area contributed by atoms with Crippen LogP contribution in [0, 0.1) is 11.3 Å². The lowest BCUT2D eigenvalue weighted by atomic mass is 10.0. The van der Waals surface area contributed by atoms with E-state index in [0.717, 1.165) is 0 Å². The molecule has 4 heterocycles. The van der Waals surface area contributed by atoms with Gasteiger partial charge < -0.3 is 21.1 Å². The molecule has 1 fully saturated rings. The number of fused-ring (bicyclic) bond motifs is 1. The van der Waals surface area contributed by atoms with E-state index in [1.807, 2.05) is 6.07 Å². The third kappa shape index (κ3) is 4.82. The molecule has 3 aromatic heterocycles. The van der Waals surface area contributed by atoms with Crippen molar-refractivity contribution in [3.05, 3.63) is 47.8 Å². The predicted octanol–water partition coefficient (Wildman–Crippen LogP) is 1.41. The van der Waals surface area contributed by atoms with Crippen molar-refractivity contribution in [1.29, 1.82) is 5.26 Å². The molecule has 1 aliphatic heterocycles. The molecule has 0 aromatic carbocycles. The number of carbonyl (C=O) groups excluding carboxylic acids is 2. The first-order valence-electron chi connectivity index (χ1n) is 10.7. The highest BCUT2D eigenvalue weighted by atomic mass is 19.1. The maximum Gasteiger partial charge on any atom is 0.255 e. The molecular weight excluding hydrogens is 441 g/mol. The van der Waals surface area contributed by atoms with Crippen molar-refractivity contribution >= 4 is 23.0 Å². The summed E-state index contributed by atoms with van der Waals surface area (Å²) in [7, 11) is 0. The van der Waals surface area contributed by atoms with Crippen molar-refractivity contribution in [3.8, 4) is 17.5 Å². The van der Waals surface area contributed by atoms with Gasteiger partial charge in [0, 0.05) is 19.2 Å². The second-order valence-corrected chi connectivity index (χ2v) is 8.71. The lowest BCUT2D eigenvalue weighted by Gasteiger charge is -2.23. The zero-order valence-corrected chi connectivity index (χ0v) is 18.7. The summed E-state index contributed by atoms with van der Waals surface area (Å²) < 4.78 is 15.8. The van der Waals surface area contributed by atoms with E-state index in [4.69, 9.17) is 5.26 Å². The molecule has 1 saturated heterocycles. The molecule has 176 valence electrons. The van der Waals surface area contributed by atoms with Crippen LogP contribution in [0.2, 0.25) is 0 Å². The molecule has 34 heavy (non-hydrogen) atoms. The highest BCUT2D eigenvalue weighted by molar-refractivity contribution is 6.00. The summed E-state index contributed by atoms with van der Waals surface area (Å²) in [5.74, 6) is -0.666. The van der Waals surface area contributed by atoms with Gasteiger partial charge in [-0.25, -0.2) is 8.91 Å². The molecule has 1 unspecified atom stereocenters. The smallest absolute Gasteiger partial charge is 0.255 e. The summed E-state index contributed by atoms with van der Waals surface area (Å²) >= 11 is 0. The average molecular weight is 465 g/mol. The highest BCUT2D eigenvalue weighted by Crippen LogP contribution is 2.26. The summed E-state index contributed by atoms with van der Waals surface area (Å²) in [6.07, 6.45) is 1.41. The van der Waals surface area contributed by atoms with E-state index in [1.165, 1.54) is 26.2 Å². The lowest BCUT2D eigenvalue weighted by molar-refractivity contribution is -0.119. The van der Waals surface area contributed by atoms with Gasteiger partial charge in [-0.1, -0.05) is 0 Å². The van der Waals surface area contributed by atoms with Crippen LogP contribution in [0.25, 0.3) is 16.9 Å². The Kier molecular flexibility index (Phi) is 6.17. The van der Waals surface area contributed by atoms with Crippen molar-refractivity contribution in [2.75, 3.05) is 18.4 Å². The number of hydrogen-bond donors (Lipinski definition) is 4.